The van der Waals surface area contributed by atoms with Crippen LogP contribution in [0.15, 0.2) is 29.2 Å². The molecule has 2 fully saturated rings. The third kappa shape index (κ3) is 3.06. The molecule has 0 N–H and O–H groups in total. The Hall–Kier alpha value is -1.15. The minimum absolute atomic E-state index is 0.00328. The number of nitrogens with zero attached hydrogens (tertiary/aromatic N) is 2. The Morgan fingerprint density at radius 1 is 1.29 bits per heavy atom. The van der Waals surface area contributed by atoms with Crippen LogP contribution in [-0.2, 0) is 14.8 Å². The molecule has 2 aliphatic heterocycles. The lowest BCUT2D eigenvalue weighted by atomic mass is 9.78. The van der Waals surface area contributed by atoms with Crippen molar-refractivity contribution in [2.75, 3.05) is 54.1 Å². The predicted octanol–water partition coefficient (Wildman–Crippen LogP) is 1.28. The highest BCUT2D eigenvalue weighted by Gasteiger charge is 2.51. The lowest BCUT2D eigenvalue weighted by molar-refractivity contribution is 0.101. The molecule has 2 heterocycles. The fraction of sp³-hybridized carbons (Fsp3) is 0.647. The van der Waals surface area contributed by atoms with Gasteiger partial charge in [-0.2, -0.15) is 4.31 Å². The molecule has 3 rings (SSSR count). The van der Waals surface area contributed by atoms with Gasteiger partial charge < -0.3 is 14.4 Å². The second kappa shape index (κ2) is 6.63. The smallest absolute Gasteiger partial charge is 0.243 e. The lowest BCUT2D eigenvalue weighted by Crippen LogP contribution is -2.38. The first-order valence-corrected chi connectivity index (χ1v) is 9.67. The Morgan fingerprint density at radius 3 is 2.79 bits per heavy atom. The van der Waals surface area contributed by atoms with E-state index in [0.29, 0.717) is 36.3 Å². The van der Waals surface area contributed by atoms with Gasteiger partial charge in [-0.15, -0.1) is 0 Å². The van der Waals surface area contributed by atoms with Gasteiger partial charge in [0.15, 0.2) is 0 Å². The Balaban J connectivity index is 1.84. The average molecular weight is 354 g/mol. The van der Waals surface area contributed by atoms with Gasteiger partial charge in [0.25, 0.3) is 0 Å². The van der Waals surface area contributed by atoms with Crippen molar-refractivity contribution in [3.8, 4) is 5.75 Å². The average Bonchev–Trinajstić information content (AvgIpc) is 3.12. The fourth-order valence-corrected chi connectivity index (χ4v) is 5.74. The molecule has 0 aliphatic carbocycles. The zero-order valence-corrected chi connectivity index (χ0v) is 15.4. The summed E-state index contributed by atoms with van der Waals surface area (Å²) < 4.78 is 38.2. The van der Waals surface area contributed by atoms with E-state index in [-0.39, 0.29) is 5.41 Å². The highest BCUT2D eigenvalue weighted by molar-refractivity contribution is 7.89. The third-order valence-electron chi connectivity index (χ3n) is 5.38. The van der Waals surface area contributed by atoms with Crippen LogP contribution in [0.3, 0.4) is 0 Å². The first-order chi connectivity index (χ1) is 11.4. The van der Waals surface area contributed by atoms with Crippen LogP contribution in [0.5, 0.6) is 5.75 Å². The van der Waals surface area contributed by atoms with Crippen molar-refractivity contribution in [3.63, 3.8) is 0 Å². The molecule has 2 atom stereocenters. The topological polar surface area (TPSA) is 59.1 Å². The van der Waals surface area contributed by atoms with E-state index in [4.69, 9.17) is 9.47 Å². The molecule has 1 aromatic rings. The Labute approximate surface area is 144 Å². The molecule has 1 spiro atoms. The number of hydrogen-bond donors (Lipinski definition) is 0. The number of sulfonamides is 1. The summed E-state index contributed by atoms with van der Waals surface area (Å²) in [6, 6.07) is 6.70. The maximum Gasteiger partial charge on any atom is 0.243 e. The third-order valence-corrected chi connectivity index (χ3v) is 7.22. The minimum atomic E-state index is -3.50. The summed E-state index contributed by atoms with van der Waals surface area (Å²) in [5.41, 5.74) is -0.00328. The van der Waals surface area contributed by atoms with Crippen LogP contribution >= 0.6 is 0 Å². The SMILES string of the molecule is COC[C@H]1CN(C)C[C@@]12CCN(S(=O)(=O)c1cccc(OC)c1)C2. The van der Waals surface area contributed by atoms with E-state index < -0.39 is 10.0 Å². The van der Waals surface area contributed by atoms with Crippen molar-refractivity contribution in [2.45, 2.75) is 11.3 Å². The van der Waals surface area contributed by atoms with Gasteiger partial charge >= 0.3 is 0 Å². The number of benzene rings is 1. The summed E-state index contributed by atoms with van der Waals surface area (Å²) in [5.74, 6) is 0.931. The number of methoxy groups -OCH3 is 2. The molecule has 0 radical (unpaired) electrons. The zero-order valence-electron chi connectivity index (χ0n) is 14.6. The van der Waals surface area contributed by atoms with Crippen LogP contribution in [0.4, 0.5) is 0 Å². The molecule has 0 saturated carbocycles. The molecule has 0 aromatic heterocycles. The van der Waals surface area contributed by atoms with Gasteiger partial charge in [0.1, 0.15) is 5.75 Å². The quantitative estimate of drug-likeness (QED) is 0.797. The second-order valence-corrected chi connectivity index (χ2v) is 8.92. The van der Waals surface area contributed by atoms with Crippen molar-refractivity contribution in [1.82, 2.24) is 9.21 Å². The Kier molecular flexibility index (Phi) is 4.88. The first-order valence-electron chi connectivity index (χ1n) is 8.23. The van der Waals surface area contributed by atoms with E-state index in [0.717, 1.165) is 19.5 Å². The molecule has 6 nitrogen and oxygen atoms in total. The standard InChI is InChI=1S/C17H26N2O4S/c1-18-10-14(11-22-2)17(12-18)7-8-19(13-17)24(20,21)16-6-4-5-15(9-16)23-3/h4-6,9,14H,7-8,10-13H2,1-3H3/t14-,17-/m1/s1. The molecule has 7 heteroatoms. The predicted molar refractivity (Wildman–Crippen MR) is 91.7 cm³/mol. The van der Waals surface area contributed by atoms with Crippen LogP contribution in [-0.4, -0.2) is 71.7 Å². The number of likely N-dealkylation sites (tertiary alicyclic amines) is 1. The molecule has 1 aromatic carbocycles. The largest absolute Gasteiger partial charge is 0.497 e. The van der Waals surface area contributed by atoms with Crippen molar-refractivity contribution in [3.05, 3.63) is 24.3 Å². The summed E-state index contributed by atoms with van der Waals surface area (Å²) >= 11 is 0. The van der Waals surface area contributed by atoms with Gasteiger partial charge in [-0.05, 0) is 25.6 Å². The minimum Gasteiger partial charge on any atom is -0.497 e. The van der Waals surface area contributed by atoms with E-state index >= 15 is 0 Å². The summed E-state index contributed by atoms with van der Waals surface area (Å²) in [7, 11) is 1.85. The van der Waals surface area contributed by atoms with Gasteiger partial charge in [-0.3, -0.25) is 0 Å². The van der Waals surface area contributed by atoms with Gasteiger partial charge in [-0.1, -0.05) is 6.07 Å². The van der Waals surface area contributed by atoms with Crippen molar-refractivity contribution in [1.29, 1.82) is 0 Å². The van der Waals surface area contributed by atoms with E-state index in [2.05, 4.69) is 11.9 Å². The monoisotopic (exact) mass is 354 g/mol. The summed E-state index contributed by atoms with van der Waals surface area (Å²) in [6.07, 6.45) is 0.883. The van der Waals surface area contributed by atoms with Crippen LogP contribution in [0.25, 0.3) is 0 Å². The summed E-state index contributed by atoms with van der Waals surface area (Å²) in [6.45, 7) is 3.68. The molecule has 2 aliphatic rings. The molecule has 24 heavy (non-hydrogen) atoms. The number of hydrogen-bond acceptors (Lipinski definition) is 5. The number of rotatable bonds is 5. The highest BCUT2D eigenvalue weighted by atomic mass is 32.2. The normalized spacial score (nSPS) is 28.7. The summed E-state index contributed by atoms with van der Waals surface area (Å²) in [4.78, 5) is 2.58. The van der Waals surface area contributed by atoms with Crippen molar-refractivity contribution >= 4 is 10.0 Å². The highest BCUT2D eigenvalue weighted by Crippen LogP contribution is 2.45. The molecule has 0 bridgehead atoms. The van der Waals surface area contributed by atoms with Crippen LogP contribution in [0, 0.1) is 11.3 Å². The van der Waals surface area contributed by atoms with Crippen LogP contribution < -0.4 is 4.74 Å². The molecular formula is C17H26N2O4S. The first kappa shape index (κ1) is 17.7. The molecule has 0 unspecified atom stereocenters. The van der Waals surface area contributed by atoms with E-state index in [9.17, 15) is 8.42 Å². The van der Waals surface area contributed by atoms with E-state index in [1.807, 2.05) is 0 Å². The molecular weight excluding hydrogens is 328 g/mol. The number of ether oxygens (including phenoxy) is 2. The van der Waals surface area contributed by atoms with Gasteiger partial charge in [0.05, 0.1) is 18.6 Å². The molecule has 2 saturated heterocycles. The van der Waals surface area contributed by atoms with Gasteiger partial charge in [0, 0.05) is 50.7 Å². The maximum absolute atomic E-state index is 13.0. The lowest BCUT2D eigenvalue weighted by Gasteiger charge is -2.30. The van der Waals surface area contributed by atoms with Gasteiger partial charge in [0.2, 0.25) is 10.0 Å². The van der Waals surface area contributed by atoms with Crippen molar-refractivity contribution < 1.29 is 17.9 Å². The maximum atomic E-state index is 13.0. The second-order valence-electron chi connectivity index (χ2n) is 6.98. The van der Waals surface area contributed by atoms with Crippen LogP contribution in [0.2, 0.25) is 0 Å². The van der Waals surface area contributed by atoms with E-state index in [1.54, 1.807) is 42.8 Å². The Bertz CT molecular complexity index is 694. The Morgan fingerprint density at radius 2 is 2.08 bits per heavy atom. The van der Waals surface area contributed by atoms with E-state index in [1.165, 1.54) is 0 Å². The zero-order chi connectivity index (χ0) is 17.4. The van der Waals surface area contributed by atoms with Gasteiger partial charge in [-0.25, -0.2) is 8.42 Å². The molecule has 0 amide bonds. The fourth-order valence-electron chi connectivity index (χ4n) is 4.17. The van der Waals surface area contributed by atoms with Crippen LogP contribution in [0.1, 0.15) is 6.42 Å². The molecule has 134 valence electrons. The summed E-state index contributed by atoms with van der Waals surface area (Å²) in [5, 5.41) is 0. The van der Waals surface area contributed by atoms with Crippen molar-refractivity contribution in [2.24, 2.45) is 11.3 Å².